The Morgan fingerprint density at radius 3 is 2.63 bits per heavy atom. The minimum atomic E-state index is -4.29. The van der Waals surface area contributed by atoms with Gasteiger partial charge in [0, 0.05) is 13.1 Å². The fraction of sp³-hybridized carbons (Fsp3) is 0.571. The minimum Gasteiger partial charge on any atom is -0.374 e. The van der Waals surface area contributed by atoms with Gasteiger partial charge in [0.15, 0.2) is 0 Å². The van der Waals surface area contributed by atoms with E-state index in [1.54, 1.807) is 6.07 Å². The lowest BCUT2D eigenvalue weighted by molar-refractivity contribution is -0.138. The first-order chi connectivity index (χ1) is 8.97. The molecule has 19 heavy (non-hydrogen) atoms. The summed E-state index contributed by atoms with van der Waals surface area (Å²) in [4.78, 5) is 0. The molecule has 0 aliphatic carbocycles. The van der Waals surface area contributed by atoms with Gasteiger partial charge in [0.1, 0.15) is 0 Å². The maximum atomic E-state index is 12.8. The van der Waals surface area contributed by atoms with Gasteiger partial charge in [0.2, 0.25) is 0 Å². The van der Waals surface area contributed by atoms with Crippen LogP contribution in [0.3, 0.4) is 0 Å². The van der Waals surface area contributed by atoms with Gasteiger partial charge in [-0.15, -0.1) is 0 Å². The molecule has 1 N–H and O–H groups in total. The number of halogens is 3. The molecule has 1 saturated heterocycles. The summed E-state index contributed by atoms with van der Waals surface area (Å²) in [5, 5.41) is 3.05. The standard InChI is InChI=1S/C14H18F3NO/c1-10-6-7-12(19-10)9-18-8-11-4-2-3-5-13(11)14(15,16)17/h2-5,10,12,18H,6-9H2,1H3. The van der Waals surface area contributed by atoms with Crippen LogP contribution in [0.4, 0.5) is 13.2 Å². The maximum Gasteiger partial charge on any atom is 0.416 e. The molecule has 2 nitrogen and oxygen atoms in total. The highest BCUT2D eigenvalue weighted by Crippen LogP contribution is 2.31. The van der Waals surface area contributed by atoms with Crippen molar-refractivity contribution in [3.8, 4) is 0 Å². The van der Waals surface area contributed by atoms with E-state index in [1.807, 2.05) is 6.92 Å². The van der Waals surface area contributed by atoms with Crippen LogP contribution in [0.2, 0.25) is 0 Å². The van der Waals surface area contributed by atoms with Gasteiger partial charge in [-0.1, -0.05) is 18.2 Å². The SMILES string of the molecule is CC1CCC(CNCc2ccccc2C(F)(F)F)O1. The molecule has 1 heterocycles. The molecule has 0 aromatic heterocycles. The van der Waals surface area contributed by atoms with Crippen molar-refractivity contribution in [2.45, 2.75) is 44.7 Å². The molecule has 2 unspecified atom stereocenters. The number of hydrogen-bond acceptors (Lipinski definition) is 2. The van der Waals surface area contributed by atoms with E-state index < -0.39 is 11.7 Å². The smallest absolute Gasteiger partial charge is 0.374 e. The molecular formula is C14H18F3NO. The zero-order chi connectivity index (χ0) is 13.9. The average molecular weight is 273 g/mol. The van der Waals surface area contributed by atoms with Gasteiger partial charge in [-0.2, -0.15) is 13.2 Å². The number of alkyl halides is 3. The van der Waals surface area contributed by atoms with Gasteiger partial charge in [-0.25, -0.2) is 0 Å². The molecule has 0 amide bonds. The van der Waals surface area contributed by atoms with Crippen molar-refractivity contribution in [3.05, 3.63) is 35.4 Å². The second kappa shape index (κ2) is 5.92. The van der Waals surface area contributed by atoms with Crippen molar-refractivity contribution in [3.63, 3.8) is 0 Å². The lowest BCUT2D eigenvalue weighted by Crippen LogP contribution is -2.27. The van der Waals surface area contributed by atoms with Gasteiger partial charge >= 0.3 is 6.18 Å². The number of rotatable bonds is 4. The highest BCUT2D eigenvalue weighted by Gasteiger charge is 2.32. The highest BCUT2D eigenvalue weighted by atomic mass is 19.4. The first kappa shape index (κ1) is 14.3. The van der Waals surface area contributed by atoms with Gasteiger partial charge < -0.3 is 10.1 Å². The van der Waals surface area contributed by atoms with Crippen LogP contribution in [0, 0.1) is 0 Å². The molecule has 2 atom stereocenters. The van der Waals surface area contributed by atoms with E-state index >= 15 is 0 Å². The van der Waals surface area contributed by atoms with Gasteiger partial charge in [-0.3, -0.25) is 0 Å². The number of hydrogen-bond donors (Lipinski definition) is 1. The van der Waals surface area contributed by atoms with Crippen molar-refractivity contribution in [2.24, 2.45) is 0 Å². The Balaban J connectivity index is 1.89. The van der Waals surface area contributed by atoms with Crippen LogP contribution in [0.25, 0.3) is 0 Å². The van der Waals surface area contributed by atoms with E-state index in [2.05, 4.69) is 5.32 Å². The van der Waals surface area contributed by atoms with Crippen molar-refractivity contribution < 1.29 is 17.9 Å². The molecule has 1 aromatic rings. The summed E-state index contributed by atoms with van der Waals surface area (Å²) >= 11 is 0. The van der Waals surface area contributed by atoms with Gasteiger partial charge in [0.05, 0.1) is 17.8 Å². The summed E-state index contributed by atoms with van der Waals surface area (Å²) in [6.45, 7) is 2.82. The summed E-state index contributed by atoms with van der Waals surface area (Å²) in [6.07, 6.45) is -1.93. The molecule has 0 spiro atoms. The molecule has 1 aliphatic rings. The number of ether oxygens (including phenoxy) is 1. The summed E-state index contributed by atoms with van der Waals surface area (Å²) in [6, 6.07) is 5.66. The summed E-state index contributed by atoms with van der Waals surface area (Å²) in [5.41, 5.74) is -0.288. The molecule has 1 aliphatic heterocycles. The second-order valence-electron chi connectivity index (χ2n) is 4.93. The topological polar surface area (TPSA) is 21.3 Å². The first-order valence-electron chi connectivity index (χ1n) is 6.48. The van der Waals surface area contributed by atoms with Gasteiger partial charge in [-0.05, 0) is 31.4 Å². The minimum absolute atomic E-state index is 0.119. The second-order valence-corrected chi connectivity index (χ2v) is 4.93. The van der Waals surface area contributed by atoms with Crippen molar-refractivity contribution in [2.75, 3.05) is 6.54 Å². The zero-order valence-corrected chi connectivity index (χ0v) is 10.8. The molecule has 5 heteroatoms. The van der Waals surface area contributed by atoms with Crippen LogP contribution in [-0.2, 0) is 17.5 Å². The quantitative estimate of drug-likeness (QED) is 0.908. The summed E-state index contributed by atoms with van der Waals surface area (Å²) < 4.78 is 43.9. The molecule has 1 fully saturated rings. The Morgan fingerprint density at radius 2 is 2.00 bits per heavy atom. The lowest BCUT2D eigenvalue weighted by Gasteiger charge is -2.15. The third-order valence-electron chi connectivity index (χ3n) is 3.33. The number of nitrogens with one attached hydrogen (secondary N) is 1. The Labute approximate surface area is 111 Å². The lowest BCUT2D eigenvalue weighted by atomic mass is 10.1. The molecular weight excluding hydrogens is 255 g/mol. The van der Waals surface area contributed by atoms with E-state index in [1.165, 1.54) is 12.1 Å². The third-order valence-corrected chi connectivity index (χ3v) is 3.33. The maximum absolute atomic E-state index is 12.8. The number of benzene rings is 1. The Kier molecular flexibility index (Phi) is 4.47. The Bertz CT molecular complexity index is 419. The molecule has 106 valence electrons. The Hall–Kier alpha value is -1.07. The molecule has 0 saturated carbocycles. The molecule has 0 radical (unpaired) electrons. The van der Waals surface area contributed by atoms with Gasteiger partial charge in [0.25, 0.3) is 0 Å². The van der Waals surface area contributed by atoms with Crippen LogP contribution in [0.5, 0.6) is 0 Å². The third kappa shape index (κ3) is 3.94. The fourth-order valence-corrected chi connectivity index (χ4v) is 2.35. The fourth-order valence-electron chi connectivity index (χ4n) is 2.35. The largest absolute Gasteiger partial charge is 0.416 e. The van der Waals surface area contributed by atoms with E-state index in [0.717, 1.165) is 18.9 Å². The van der Waals surface area contributed by atoms with E-state index in [4.69, 9.17) is 4.74 Å². The zero-order valence-electron chi connectivity index (χ0n) is 10.8. The van der Waals surface area contributed by atoms with Crippen LogP contribution in [0.15, 0.2) is 24.3 Å². The van der Waals surface area contributed by atoms with Crippen LogP contribution >= 0.6 is 0 Å². The van der Waals surface area contributed by atoms with Crippen LogP contribution < -0.4 is 5.32 Å². The predicted molar refractivity (Wildman–Crippen MR) is 66.7 cm³/mol. The monoisotopic (exact) mass is 273 g/mol. The van der Waals surface area contributed by atoms with Crippen LogP contribution in [-0.4, -0.2) is 18.8 Å². The molecule has 0 bridgehead atoms. The van der Waals surface area contributed by atoms with E-state index in [9.17, 15) is 13.2 Å². The summed E-state index contributed by atoms with van der Waals surface area (Å²) in [7, 11) is 0. The summed E-state index contributed by atoms with van der Waals surface area (Å²) in [5.74, 6) is 0. The molecule has 2 rings (SSSR count). The van der Waals surface area contributed by atoms with Crippen molar-refractivity contribution in [1.29, 1.82) is 0 Å². The highest BCUT2D eigenvalue weighted by molar-refractivity contribution is 5.29. The Morgan fingerprint density at radius 1 is 1.26 bits per heavy atom. The van der Waals surface area contributed by atoms with E-state index in [-0.39, 0.29) is 24.3 Å². The first-order valence-corrected chi connectivity index (χ1v) is 6.48. The molecule has 1 aromatic carbocycles. The van der Waals surface area contributed by atoms with Crippen molar-refractivity contribution >= 4 is 0 Å². The van der Waals surface area contributed by atoms with E-state index in [0.29, 0.717) is 6.54 Å². The normalized spacial score (nSPS) is 23.8. The predicted octanol–water partition coefficient (Wildman–Crippen LogP) is 3.36. The van der Waals surface area contributed by atoms with Crippen molar-refractivity contribution in [1.82, 2.24) is 5.32 Å². The average Bonchev–Trinajstić information content (AvgIpc) is 2.74. The van der Waals surface area contributed by atoms with Crippen LogP contribution in [0.1, 0.15) is 30.9 Å².